The van der Waals surface area contributed by atoms with Crippen LogP contribution in [0.4, 0.5) is 24.5 Å². The van der Waals surface area contributed by atoms with Crippen molar-refractivity contribution >= 4 is 17.3 Å². The molecule has 3 rings (SSSR count). The van der Waals surface area contributed by atoms with Gasteiger partial charge in [-0.3, -0.25) is 0 Å². The van der Waals surface area contributed by atoms with Crippen LogP contribution in [0.25, 0.3) is 0 Å². The lowest BCUT2D eigenvalue weighted by atomic mass is 10.1. The Morgan fingerprint density at radius 2 is 1.47 bits per heavy atom. The molecule has 0 amide bonds. The number of halogens is 3. The van der Waals surface area contributed by atoms with Gasteiger partial charge in [-0.25, -0.2) is 4.79 Å². The number of hydrogen-bond acceptors (Lipinski definition) is 8. The highest BCUT2D eigenvalue weighted by molar-refractivity contribution is 5.96. The molecule has 0 unspecified atom stereocenters. The number of anilines is 2. The predicted octanol–water partition coefficient (Wildman–Crippen LogP) is 4.42. The van der Waals surface area contributed by atoms with E-state index >= 15 is 0 Å². The lowest BCUT2D eigenvalue weighted by Crippen LogP contribution is -2.33. The van der Waals surface area contributed by atoms with Crippen LogP contribution in [0.15, 0.2) is 48.5 Å². The number of carbonyl (C=O) groups is 1. The van der Waals surface area contributed by atoms with Crippen LogP contribution in [0.1, 0.15) is 28.8 Å². The Hall–Kier alpha value is -2.70. The minimum atomic E-state index is -4.46. The van der Waals surface area contributed by atoms with Crippen molar-refractivity contribution in [2.75, 3.05) is 71.3 Å². The van der Waals surface area contributed by atoms with Crippen LogP contribution in [0.3, 0.4) is 0 Å². The normalized spacial score (nSPS) is 14.4. The Morgan fingerprint density at radius 3 is 2.16 bits per heavy atom. The number of alkyl halides is 3. The van der Waals surface area contributed by atoms with Gasteiger partial charge in [0, 0.05) is 5.69 Å². The topological polar surface area (TPSA) is 87.3 Å². The van der Waals surface area contributed by atoms with E-state index in [4.69, 9.17) is 23.7 Å². The number of rotatable bonds is 16. The van der Waals surface area contributed by atoms with Gasteiger partial charge in [0.15, 0.2) is 0 Å². The van der Waals surface area contributed by atoms with Crippen molar-refractivity contribution in [3.63, 3.8) is 0 Å². The standard InChI is InChI=1S/C27H35F3N2O6/c28-27(29,30)21-4-3-5-22(20-21)32-25-7-2-1-6-24(25)26(33)38-19-17-36-15-13-34-12-14-35-16-18-37-23-8-10-31-11-9-23/h1-7,20,23,31-32H,8-19H2. The number of piperidine rings is 1. The van der Waals surface area contributed by atoms with Crippen molar-refractivity contribution in [2.24, 2.45) is 0 Å². The first kappa shape index (κ1) is 29.9. The van der Waals surface area contributed by atoms with Crippen LogP contribution in [0, 0.1) is 0 Å². The lowest BCUT2D eigenvalue weighted by molar-refractivity contribution is -0.137. The number of nitrogens with one attached hydrogen (secondary N) is 2. The molecule has 0 aliphatic carbocycles. The van der Waals surface area contributed by atoms with Gasteiger partial charge in [-0.1, -0.05) is 18.2 Å². The van der Waals surface area contributed by atoms with Crippen LogP contribution >= 0.6 is 0 Å². The third-order valence-electron chi connectivity index (χ3n) is 5.69. The molecule has 2 aromatic rings. The van der Waals surface area contributed by atoms with Crippen molar-refractivity contribution in [2.45, 2.75) is 25.1 Å². The van der Waals surface area contributed by atoms with E-state index in [-0.39, 0.29) is 24.5 Å². The van der Waals surface area contributed by atoms with E-state index < -0.39 is 17.7 Å². The third-order valence-corrected chi connectivity index (χ3v) is 5.69. The second kappa shape index (κ2) is 16.3. The maximum absolute atomic E-state index is 13.0. The van der Waals surface area contributed by atoms with E-state index in [1.807, 2.05) is 0 Å². The quantitative estimate of drug-likeness (QED) is 0.239. The zero-order valence-electron chi connectivity index (χ0n) is 21.3. The number of esters is 1. The summed E-state index contributed by atoms with van der Waals surface area (Å²) in [4.78, 5) is 12.5. The summed E-state index contributed by atoms with van der Waals surface area (Å²) in [5.74, 6) is -0.610. The second-order valence-corrected chi connectivity index (χ2v) is 8.54. The zero-order chi connectivity index (χ0) is 27.1. The number of carbonyl (C=O) groups excluding carboxylic acids is 1. The molecule has 0 atom stereocenters. The lowest BCUT2D eigenvalue weighted by Gasteiger charge is -2.22. The maximum Gasteiger partial charge on any atom is 0.416 e. The summed E-state index contributed by atoms with van der Waals surface area (Å²) in [6, 6.07) is 11.2. The van der Waals surface area contributed by atoms with E-state index in [1.54, 1.807) is 18.2 Å². The summed E-state index contributed by atoms with van der Waals surface area (Å²) < 4.78 is 66.3. The molecule has 0 spiro atoms. The molecule has 0 saturated carbocycles. The molecule has 11 heteroatoms. The SMILES string of the molecule is O=C(OCCOCCOCCOCCOC1CCNCC1)c1ccccc1Nc1cccc(C(F)(F)F)c1. The molecule has 8 nitrogen and oxygen atoms in total. The highest BCUT2D eigenvalue weighted by Crippen LogP contribution is 2.32. The van der Waals surface area contributed by atoms with Crippen molar-refractivity contribution in [1.82, 2.24) is 5.32 Å². The fourth-order valence-corrected chi connectivity index (χ4v) is 3.75. The molecule has 2 aromatic carbocycles. The van der Waals surface area contributed by atoms with Crippen molar-refractivity contribution in [3.05, 3.63) is 59.7 Å². The summed E-state index contributed by atoms with van der Waals surface area (Å²) in [5.41, 5.74) is -0.0336. The molecular weight excluding hydrogens is 505 g/mol. The van der Waals surface area contributed by atoms with Gasteiger partial charge in [0.25, 0.3) is 0 Å². The minimum absolute atomic E-state index is 0.0247. The number of benzene rings is 2. The predicted molar refractivity (Wildman–Crippen MR) is 136 cm³/mol. The molecule has 1 aliphatic rings. The Kier molecular flexibility index (Phi) is 12.8. The van der Waals surface area contributed by atoms with Crippen LogP contribution in [0.2, 0.25) is 0 Å². The summed E-state index contributed by atoms with van der Waals surface area (Å²) in [7, 11) is 0. The third kappa shape index (κ3) is 11.0. The Morgan fingerprint density at radius 1 is 0.842 bits per heavy atom. The van der Waals surface area contributed by atoms with Crippen molar-refractivity contribution in [1.29, 1.82) is 0 Å². The van der Waals surface area contributed by atoms with Gasteiger partial charge in [-0.2, -0.15) is 13.2 Å². The molecule has 0 radical (unpaired) electrons. The number of hydrogen-bond donors (Lipinski definition) is 2. The molecule has 1 saturated heterocycles. The number of para-hydroxylation sites is 1. The molecule has 1 aliphatic heterocycles. The van der Waals surface area contributed by atoms with Crippen LogP contribution < -0.4 is 10.6 Å². The fraction of sp³-hybridized carbons (Fsp3) is 0.519. The Labute approximate surface area is 220 Å². The maximum atomic E-state index is 13.0. The average molecular weight is 541 g/mol. The highest BCUT2D eigenvalue weighted by Gasteiger charge is 2.30. The Bertz CT molecular complexity index is 970. The van der Waals surface area contributed by atoms with E-state index in [2.05, 4.69) is 10.6 Å². The molecule has 38 heavy (non-hydrogen) atoms. The fourth-order valence-electron chi connectivity index (χ4n) is 3.75. The smallest absolute Gasteiger partial charge is 0.416 e. The van der Waals surface area contributed by atoms with Gasteiger partial charge in [-0.05, 0) is 56.3 Å². The first-order valence-corrected chi connectivity index (χ1v) is 12.7. The van der Waals surface area contributed by atoms with Crippen LogP contribution in [-0.2, 0) is 29.9 Å². The van der Waals surface area contributed by atoms with Gasteiger partial charge in [-0.15, -0.1) is 0 Å². The van der Waals surface area contributed by atoms with E-state index in [0.29, 0.717) is 51.4 Å². The van der Waals surface area contributed by atoms with Gasteiger partial charge in [0.1, 0.15) is 6.61 Å². The molecule has 0 aromatic heterocycles. The second-order valence-electron chi connectivity index (χ2n) is 8.54. The summed E-state index contributed by atoms with van der Waals surface area (Å²) >= 11 is 0. The first-order valence-electron chi connectivity index (χ1n) is 12.7. The van der Waals surface area contributed by atoms with Crippen molar-refractivity contribution in [3.8, 4) is 0 Å². The molecule has 0 bridgehead atoms. The van der Waals surface area contributed by atoms with E-state index in [0.717, 1.165) is 38.1 Å². The Balaban J connectivity index is 1.24. The molecule has 1 fully saturated rings. The summed E-state index contributed by atoms with van der Waals surface area (Å²) in [5, 5.41) is 6.16. The van der Waals surface area contributed by atoms with E-state index in [1.165, 1.54) is 18.2 Å². The van der Waals surface area contributed by atoms with Crippen LogP contribution in [0.5, 0.6) is 0 Å². The first-order chi connectivity index (χ1) is 18.4. The van der Waals surface area contributed by atoms with Crippen molar-refractivity contribution < 1.29 is 41.7 Å². The molecular formula is C27H35F3N2O6. The van der Waals surface area contributed by atoms with Gasteiger partial charge >= 0.3 is 12.1 Å². The molecule has 210 valence electrons. The van der Waals surface area contributed by atoms with Gasteiger partial charge in [0.2, 0.25) is 0 Å². The average Bonchev–Trinajstić information content (AvgIpc) is 2.92. The molecule has 2 N–H and O–H groups in total. The molecule has 1 heterocycles. The summed E-state index contributed by atoms with van der Waals surface area (Å²) in [6.07, 6.45) is -2.06. The van der Waals surface area contributed by atoms with Gasteiger partial charge in [0.05, 0.1) is 69.2 Å². The van der Waals surface area contributed by atoms with E-state index in [9.17, 15) is 18.0 Å². The minimum Gasteiger partial charge on any atom is -0.460 e. The number of ether oxygens (including phenoxy) is 5. The highest BCUT2D eigenvalue weighted by atomic mass is 19.4. The largest absolute Gasteiger partial charge is 0.460 e. The van der Waals surface area contributed by atoms with Crippen LogP contribution in [-0.4, -0.2) is 78.0 Å². The zero-order valence-corrected chi connectivity index (χ0v) is 21.3. The van der Waals surface area contributed by atoms with Gasteiger partial charge < -0.3 is 34.3 Å². The monoisotopic (exact) mass is 540 g/mol. The summed E-state index contributed by atoms with van der Waals surface area (Å²) in [6.45, 7) is 4.97.